The van der Waals surface area contributed by atoms with Crippen LogP contribution >= 0.6 is 0 Å². The first kappa shape index (κ1) is 11.3. The normalized spacial score (nSPS) is 22.8. The Labute approximate surface area is 107 Å². The van der Waals surface area contributed by atoms with Gasteiger partial charge in [0, 0.05) is 5.92 Å². The molecule has 1 aliphatic carbocycles. The van der Waals surface area contributed by atoms with E-state index >= 15 is 0 Å². The lowest BCUT2D eigenvalue weighted by atomic mass is 9.73. The molecule has 0 spiro atoms. The SMILES string of the molecule is Cc1cccc2c1CCC(C)C2c1nocc1N. The van der Waals surface area contributed by atoms with Crippen LogP contribution in [-0.2, 0) is 6.42 Å². The first-order valence-electron chi connectivity index (χ1n) is 6.46. The Morgan fingerprint density at radius 3 is 2.94 bits per heavy atom. The molecule has 0 bridgehead atoms. The smallest absolute Gasteiger partial charge is 0.147 e. The maximum atomic E-state index is 5.97. The second-order valence-corrected chi connectivity index (χ2v) is 5.29. The van der Waals surface area contributed by atoms with Crippen LogP contribution in [-0.4, -0.2) is 5.16 Å². The number of nitrogens with zero attached hydrogens (tertiary/aromatic N) is 1. The summed E-state index contributed by atoms with van der Waals surface area (Å²) in [5.74, 6) is 0.819. The molecule has 2 atom stereocenters. The summed E-state index contributed by atoms with van der Waals surface area (Å²) in [5.41, 5.74) is 11.7. The fraction of sp³-hybridized carbons (Fsp3) is 0.400. The van der Waals surface area contributed by atoms with E-state index in [1.807, 2.05) is 0 Å². The van der Waals surface area contributed by atoms with Crippen LogP contribution in [0.2, 0.25) is 0 Å². The third-order valence-electron chi connectivity index (χ3n) is 4.12. The Kier molecular flexibility index (Phi) is 2.62. The third kappa shape index (κ3) is 1.62. The first-order chi connectivity index (χ1) is 8.68. The number of hydrogen-bond donors (Lipinski definition) is 1. The van der Waals surface area contributed by atoms with Crippen LogP contribution in [0.15, 0.2) is 29.0 Å². The summed E-state index contributed by atoms with van der Waals surface area (Å²) in [4.78, 5) is 0. The number of nitrogen functional groups attached to an aromatic ring is 1. The second-order valence-electron chi connectivity index (χ2n) is 5.29. The van der Waals surface area contributed by atoms with Crippen LogP contribution in [0.25, 0.3) is 0 Å². The van der Waals surface area contributed by atoms with E-state index in [2.05, 4.69) is 37.2 Å². The maximum Gasteiger partial charge on any atom is 0.147 e. The molecule has 3 heteroatoms. The molecule has 0 amide bonds. The molecule has 3 nitrogen and oxygen atoms in total. The van der Waals surface area contributed by atoms with Crippen LogP contribution in [0, 0.1) is 12.8 Å². The molecule has 1 aromatic heterocycles. The molecule has 3 rings (SSSR count). The quantitative estimate of drug-likeness (QED) is 0.835. The van der Waals surface area contributed by atoms with Crippen LogP contribution in [0.5, 0.6) is 0 Å². The molecule has 0 radical (unpaired) electrons. The van der Waals surface area contributed by atoms with Gasteiger partial charge in [0.15, 0.2) is 0 Å². The molecule has 1 aliphatic rings. The second kappa shape index (κ2) is 4.16. The zero-order valence-electron chi connectivity index (χ0n) is 10.8. The van der Waals surface area contributed by atoms with Crippen molar-refractivity contribution in [1.82, 2.24) is 5.16 Å². The number of aryl methyl sites for hydroxylation is 1. The Morgan fingerprint density at radius 2 is 2.22 bits per heavy atom. The van der Waals surface area contributed by atoms with Gasteiger partial charge in [-0.3, -0.25) is 0 Å². The van der Waals surface area contributed by atoms with Gasteiger partial charge in [-0.05, 0) is 42.4 Å². The Bertz CT molecular complexity index is 574. The van der Waals surface area contributed by atoms with Crippen molar-refractivity contribution in [3.05, 3.63) is 46.8 Å². The highest BCUT2D eigenvalue weighted by molar-refractivity contribution is 5.50. The lowest BCUT2D eigenvalue weighted by Crippen LogP contribution is -2.21. The van der Waals surface area contributed by atoms with E-state index in [1.54, 1.807) is 0 Å². The van der Waals surface area contributed by atoms with Crippen molar-refractivity contribution >= 4 is 5.69 Å². The van der Waals surface area contributed by atoms with Crippen molar-refractivity contribution < 1.29 is 4.52 Å². The molecule has 1 heterocycles. The number of anilines is 1. The first-order valence-corrected chi connectivity index (χ1v) is 6.46. The van der Waals surface area contributed by atoms with Gasteiger partial charge >= 0.3 is 0 Å². The van der Waals surface area contributed by atoms with Crippen molar-refractivity contribution in [2.75, 3.05) is 5.73 Å². The minimum atomic E-state index is 0.271. The van der Waals surface area contributed by atoms with E-state index in [0.717, 1.165) is 12.1 Å². The topological polar surface area (TPSA) is 52.0 Å². The van der Waals surface area contributed by atoms with Crippen LogP contribution in [0.4, 0.5) is 5.69 Å². The number of fused-ring (bicyclic) bond motifs is 1. The van der Waals surface area contributed by atoms with Gasteiger partial charge in [0.05, 0.1) is 5.69 Å². The van der Waals surface area contributed by atoms with Gasteiger partial charge in [-0.25, -0.2) is 0 Å². The third-order valence-corrected chi connectivity index (χ3v) is 4.12. The summed E-state index contributed by atoms with van der Waals surface area (Å²) in [6.45, 7) is 4.45. The van der Waals surface area contributed by atoms with Crippen molar-refractivity contribution in [1.29, 1.82) is 0 Å². The molecule has 18 heavy (non-hydrogen) atoms. The molecule has 0 saturated carbocycles. The lowest BCUT2D eigenvalue weighted by Gasteiger charge is -2.31. The average molecular weight is 242 g/mol. The molecule has 0 saturated heterocycles. The summed E-state index contributed by atoms with van der Waals surface area (Å²) >= 11 is 0. The van der Waals surface area contributed by atoms with Gasteiger partial charge in [-0.1, -0.05) is 30.3 Å². The van der Waals surface area contributed by atoms with Gasteiger partial charge < -0.3 is 10.3 Å². The minimum Gasteiger partial charge on any atom is -0.395 e. The predicted octanol–water partition coefficient (Wildman–Crippen LogP) is 3.28. The Hall–Kier alpha value is -1.77. The fourth-order valence-corrected chi connectivity index (χ4v) is 3.11. The van der Waals surface area contributed by atoms with Crippen molar-refractivity contribution in [2.45, 2.75) is 32.6 Å². The zero-order chi connectivity index (χ0) is 12.7. The van der Waals surface area contributed by atoms with Crippen LogP contribution in [0.1, 0.15) is 41.6 Å². The highest BCUT2D eigenvalue weighted by Gasteiger charge is 2.31. The Morgan fingerprint density at radius 1 is 1.39 bits per heavy atom. The summed E-state index contributed by atoms with van der Waals surface area (Å²) in [7, 11) is 0. The van der Waals surface area contributed by atoms with Gasteiger partial charge in [0.2, 0.25) is 0 Å². The molecule has 2 N–H and O–H groups in total. The average Bonchev–Trinajstić information content (AvgIpc) is 2.75. The lowest BCUT2D eigenvalue weighted by molar-refractivity contribution is 0.381. The fourth-order valence-electron chi connectivity index (χ4n) is 3.11. The summed E-state index contributed by atoms with van der Waals surface area (Å²) in [6.07, 6.45) is 3.86. The number of aromatic nitrogens is 1. The predicted molar refractivity (Wildman–Crippen MR) is 71.4 cm³/mol. The van der Waals surface area contributed by atoms with Gasteiger partial charge in [0.25, 0.3) is 0 Å². The molecule has 2 aromatic rings. The summed E-state index contributed by atoms with van der Waals surface area (Å²) in [5, 5.41) is 4.12. The van der Waals surface area contributed by atoms with Crippen molar-refractivity contribution in [3.63, 3.8) is 0 Å². The highest BCUT2D eigenvalue weighted by Crippen LogP contribution is 2.42. The van der Waals surface area contributed by atoms with Gasteiger partial charge in [0.1, 0.15) is 12.0 Å². The molecular weight excluding hydrogens is 224 g/mol. The van der Waals surface area contributed by atoms with E-state index in [1.165, 1.54) is 29.4 Å². The number of nitrogens with two attached hydrogens (primary N) is 1. The van der Waals surface area contributed by atoms with Crippen LogP contribution < -0.4 is 5.73 Å². The molecule has 2 unspecified atom stereocenters. The van der Waals surface area contributed by atoms with E-state index in [-0.39, 0.29) is 5.92 Å². The number of rotatable bonds is 1. The summed E-state index contributed by atoms with van der Waals surface area (Å²) < 4.78 is 5.02. The summed E-state index contributed by atoms with van der Waals surface area (Å²) in [6, 6.07) is 6.50. The van der Waals surface area contributed by atoms with E-state index < -0.39 is 0 Å². The molecule has 0 aliphatic heterocycles. The van der Waals surface area contributed by atoms with E-state index in [0.29, 0.717) is 11.6 Å². The zero-order valence-corrected chi connectivity index (χ0v) is 10.8. The molecular formula is C15H18N2O. The maximum absolute atomic E-state index is 5.97. The standard InChI is InChI=1S/C15H18N2O/c1-9-4-3-5-12-11(9)7-6-10(2)14(12)15-13(16)8-18-17-15/h3-5,8,10,14H,6-7,16H2,1-2H3. The molecule has 94 valence electrons. The molecule has 0 fully saturated rings. The largest absolute Gasteiger partial charge is 0.395 e. The van der Waals surface area contributed by atoms with Gasteiger partial charge in [-0.15, -0.1) is 0 Å². The minimum absolute atomic E-state index is 0.271. The van der Waals surface area contributed by atoms with Crippen LogP contribution in [0.3, 0.4) is 0 Å². The monoisotopic (exact) mass is 242 g/mol. The van der Waals surface area contributed by atoms with Gasteiger partial charge in [-0.2, -0.15) is 0 Å². The van der Waals surface area contributed by atoms with Crippen molar-refractivity contribution in [3.8, 4) is 0 Å². The number of benzene rings is 1. The highest BCUT2D eigenvalue weighted by atomic mass is 16.5. The molecule has 1 aromatic carbocycles. The van der Waals surface area contributed by atoms with E-state index in [9.17, 15) is 0 Å². The van der Waals surface area contributed by atoms with Crippen molar-refractivity contribution in [2.24, 2.45) is 5.92 Å². The Balaban J connectivity index is 2.16. The van der Waals surface area contributed by atoms with E-state index in [4.69, 9.17) is 10.3 Å². The number of hydrogen-bond acceptors (Lipinski definition) is 3.